The number of nitrogens with zero attached hydrogens (tertiary/aromatic N) is 3. The van der Waals surface area contributed by atoms with Crippen molar-refractivity contribution in [1.29, 1.82) is 5.26 Å². The summed E-state index contributed by atoms with van der Waals surface area (Å²) in [5.41, 5.74) is 7.64. The normalized spacial score (nSPS) is 15.0. The number of rotatable bonds is 4. The van der Waals surface area contributed by atoms with Crippen LogP contribution in [0, 0.1) is 39.0 Å². The Morgan fingerprint density at radius 3 is 2.53 bits per heavy atom. The van der Waals surface area contributed by atoms with Crippen LogP contribution in [0.5, 0.6) is 0 Å². The maximum Gasteiger partial charge on any atom is 0.293 e. The molecule has 2 aromatic carbocycles. The molecule has 1 fully saturated rings. The first-order chi connectivity index (χ1) is 15.3. The van der Waals surface area contributed by atoms with Crippen LogP contribution in [-0.2, 0) is 11.3 Å². The van der Waals surface area contributed by atoms with Crippen LogP contribution in [0.15, 0.2) is 53.4 Å². The molecule has 0 unspecified atom stereocenters. The van der Waals surface area contributed by atoms with Crippen molar-refractivity contribution in [3.8, 4) is 11.8 Å². The molecule has 1 aromatic heterocycles. The van der Waals surface area contributed by atoms with Crippen LogP contribution in [0.4, 0.5) is 4.79 Å². The van der Waals surface area contributed by atoms with Crippen molar-refractivity contribution in [3.63, 3.8) is 0 Å². The Balaban J connectivity index is 1.67. The van der Waals surface area contributed by atoms with Gasteiger partial charge in [0.15, 0.2) is 0 Å². The maximum atomic E-state index is 13.0. The smallest absolute Gasteiger partial charge is 0.293 e. The minimum atomic E-state index is -0.329. The Hall–Kier alpha value is -3.56. The number of nitriles is 1. The molecule has 4 rings (SSSR count). The van der Waals surface area contributed by atoms with Crippen molar-refractivity contribution in [1.82, 2.24) is 9.47 Å². The van der Waals surface area contributed by atoms with E-state index in [1.807, 2.05) is 26.0 Å². The number of benzene rings is 2. The van der Waals surface area contributed by atoms with E-state index in [2.05, 4.69) is 36.6 Å². The van der Waals surface area contributed by atoms with E-state index in [1.165, 1.54) is 16.0 Å². The summed E-state index contributed by atoms with van der Waals surface area (Å²) in [6, 6.07) is 17.4. The SMILES string of the molecule is Cc1cccc(-n2c(C)cc(/C=C3/SC(=O)N(Cc4ccccc4C#N)C3=O)c2C)c1C. The second-order valence-electron chi connectivity index (χ2n) is 7.92. The number of hydrogen-bond acceptors (Lipinski definition) is 4. The van der Waals surface area contributed by atoms with Crippen LogP contribution in [0.1, 0.15) is 39.2 Å². The van der Waals surface area contributed by atoms with E-state index >= 15 is 0 Å². The summed E-state index contributed by atoms with van der Waals surface area (Å²) in [6.07, 6.45) is 1.80. The molecule has 0 bridgehead atoms. The Morgan fingerprint density at radius 1 is 1.03 bits per heavy atom. The largest absolute Gasteiger partial charge is 0.318 e. The van der Waals surface area contributed by atoms with Crippen molar-refractivity contribution in [2.24, 2.45) is 0 Å². The Kier molecular flexibility index (Phi) is 5.77. The number of thioether (sulfide) groups is 1. The summed E-state index contributed by atoms with van der Waals surface area (Å²) < 4.78 is 2.18. The van der Waals surface area contributed by atoms with E-state index in [0.717, 1.165) is 34.4 Å². The first-order valence-corrected chi connectivity index (χ1v) is 11.1. The highest BCUT2D eigenvalue weighted by Crippen LogP contribution is 2.35. The fraction of sp³-hybridized carbons (Fsp3) is 0.192. The lowest BCUT2D eigenvalue weighted by atomic mass is 10.1. The average Bonchev–Trinajstić information content (AvgIpc) is 3.20. The number of aromatic nitrogens is 1. The molecule has 0 spiro atoms. The summed E-state index contributed by atoms with van der Waals surface area (Å²) in [5, 5.41) is 8.98. The zero-order valence-corrected chi connectivity index (χ0v) is 19.3. The molecular formula is C26H23N3O2S. The fourth-order valence-electron chi connectivity index (χ4n) is 4.00. The van der Waals surface area contributed by atoms with Gasteiger partial charge in [0, 0.05) is 17.1 Å². The second kappa shape index (κ2) is 8.52. The van der Waals surface area contributed by atoms with Gasteiger partial charge in [0.05, 0.1) is 23.1 Å². The van der Waals surface area contributed by atoms with E-state index in [1.54, 1.807) is 30.3 Å². The first kappa shape index (κ1) is 21.7. The van der Waals surface area contributed by atoms with E-state index in [4.69, 9.17) is 0 Å². The zero-order valence-electron chi connectivity index (χ0n) is 18.5. The molecule has 2 heterocycles. The van der Waals surface area contributed by atoms with Crippen LogP contribution >= 0.6 is 11.8 Å². The zero-order chi connectivity index (χ0) is 23.0. The molecule has 160 valence electrons. The van der Waals surface area contributed by atoms with Crippen LogP contribution in [0.3, 0.4) is 0 Å². The lowest BCUT2D eigenvalue weighted by Crippen LogP contribution is -2.27. The molecule has 0 atom stereocenters. The maximum absolute atomic E-state index is 13.0. The molecule has 1 aliphatic rings. The Morgan fingerprint density at radius 2 is 1.78 bits per heavy atom. The molecule has 3 aromatic rings. The highest BCUT2D eigenvalue weighted by Gasteiger charge is 2.35. The molecular weight excluding hydrogens is 418 g/mol. The summed E-state index contributed by atoms with van der Waals surface area (Å²) in [7, 11) is 0. The number of hydrogen-bond donors (Lipinski definition) is 0. The van der Waals surface area contributed by atoms with Crippen molar-refractivity contribution in [2.75, 3.05) is 0 Å². The van der Waals surface area contributed by atoms with Gasteiger partial charge in [-0.2, -0.15) is 5.26 Å². The van der Waals surface area contributed by atoms with Gasteiger partial charge in [-0.1, -0.05) is 30.3 Å². The van der Waals surface area contributed by atoms with E-state index < -0.39 is 0 Å². The average molecular weight is 442 g/mol. The van der Waals surface area contributed by atoms with Gasteiger partial charge in [-0.25, -0.2) is 0 Å². The quantitative estimate of drug-likeness (QED) is 0.479. The number of carbonyl (C=O) groups is 2. The molecule has 0 aliphatic carbocycles. The molecule has 1 aliphatic heterocycles. The first-order valence-electron chi connectivity index (χ1n) is 10.3. The number of carbonyl (C=O) groups excluding carboxylic acids is 2. The summed E-state index contributed by atoms with van der Waals surface area (Å²) in [4.78, 5) is 27.2. The molecule has 0 N–H and O–H groups in total. The molecule has 2 amide bonds. The van der Waals surface area contributed by atoms with Gasteiger partial charge in [0.2, 0.25) is 0 Å². The summed E-state index contributed by atoms with van der Waals surface area (Å²) in [6.45, 7) is 8.35. The number of aryl methyl sites for hydroxylation is 2. The predicted octanol–water partition coefficient (Wildman–Crippen LogP) is 5.82. The molecule has 0 saturated carbocycles. The van der Waals surface area contributed by atoms with Gasteiger partial charge in [-0.15, -0.1) is 0 Å². The van der Waals surface area contributed by atoms with Crippen molar-refractivity contribution >= 4 is 29.0 Å². The third-order valence-corrected chi connectivity index (χ3v) is 6.82. The van der Waals surface area contributed by atoms with E-state index in [0.29, 0.717) is 16.0 Å². The van der Waals surface area contributed by atoms with Gasteiger partial charge in [-0.05, 0) is 86.0 Å². The van der Waals surface area contributed by atoms with Crippen molar-refractivity contribution < 1.29 is 9.59 Å². The van der Waals surface area contributed by atoms with E-state index in [9.17, 15) is 14.9 Å². The Bertz CT molecular complexity index is 1330. The van der Waals surface area contributed by atoms with Crippen molar-refractivity contribution in [2.45, 2.75) is 34.2 Å². The van der Waals surface area contributed by atoms with Gasteiger partial charge in [0.1, 0.15) is 0 Å². The minimum Gasteiger partial charge on any atom is -0.318 e. The molecule has 32 heavy (non-hydrogen) atoms. The molecule has 5 nitrogen and oxygen atoms in total. The fourth-order valence-corrected chi connectivity index (χ4v) is 4.83. The molecule has 0 radical (unpaired) electrons. The summed E-state index contributed by atoms with van der Waals surface area (Å²) in [5.74, 6) is -0.329. The van der Waals surface area contributed by atoms with Gasteiger partial charge in [-0.3, -0.25) is 14.5 Å². The molecule has 1 saturated heterocycles. The highest BCUT2D eigenvalue weighted by molar-refractivity contribution is 8.18. The standard InChI is InChI=1S/C26H23N3O2S/c1-16-8-7-11-23(18(16)3)29-17(2)12-22(19(29)4)13-24-25(30)28(26(31)32-24)15-21-10-6-5-9-20(21)14-27/h5-13H,15H2,1-4H3/b24-13+. The van der Waals surface area contributed by atoms with Gasteiger partial charge in [0.25, 0.3) is 11.1 Å². The Labute approximate surface area is 192 Å². The second-order valence-corrected chi connectivity index (χ2v) is 8.91. The number of imide groups is 1. The third kappa shape index (κ3) is 3.76. The van der Waals surface area contributed by atoms with E-state index in [-0.39, 0.29) is 17.7 Å². The lowest BCUT2D eigenvalue weighted by molar-refractivity contribution is -0.123. The van der Waals surface area contributed by atoms with Crippen molar-refractivity contribution in [3.05, 3.63) is 92.6 Å². The summed E-state index contributed by atoms with van der Waals surface area (Å²) >= 11 is 0.941. The topological polar surface area (TPSA) is 66.1 Å². The third-order valence-electron chi connectivity index (χ3n) is 5.91. The predicted molar refractivity (Wildman–Crippen MR) is 127 cm³/mol. The van der Waals surface area contributed by atoms with Crippen LogP contribution in [0.25, 0.3) is 11.8 Å². The van der Waals surface area contributed by atoms with Crippen LogP contribution in [-0.4, -0.2) is 20.6 Å². The van der Waals surface area contributed by atoms with Gasteiger partial charge >= 0.3 is 0 Å². The van der Waals surface area contributed by atoms with Gasteiger partial charge < -0.3 is 4.57 Å². The minimum absolute atomic E-state index is 0.0905. The highest BCUT2D eigenvalue weighted by atomic mass is 32.2. The molecule has 6 heteroatoms. The van der Waals surface area contributed by atoms with Crippen LogP contribution < -0.4 is 0 Å². The van der Waals surface area contributed by atoms with Crippen LogP contribution in [0.2, 0.25) is 0 Å². The number of amides is 2. The lowest BCUT2D eigenvalue weighted by Gasteiger charge is -2.14. The monoisotopic (exact) mass is 441 g/mol.